The van der Waals surface area contributed by atoms with Crippen molar-refractivity contribution in [2.45, 2.75) is 59.3 Å². The van der Waals surface area contributed by atoms with E-state index in [-0.39, 0.29) is 0 Å². The molecule has 0 spiro atoms. The van der Waals surface area contributed by atoms with Crippen LogP contribution in [-0.2, 0) is 0 Å². The third-order valence-corrected chi connectivity index (χ3v) is 4.84. The molecular formula is C14H26S. The molecule has 0 N–H and O–H groups in total. The zero-order chi connectivity index (χ0) is 11.1. The van der Waals surface area contributed by atoms with Crippen LogP contribution in [0.3, 0.4) is 0 Å². The SMILES string of the molecule is CC(C)=C(C)CSCC1CCCCCC1. The Morgan fingerprint density at radius 3 is 2.13 bits per heavy atom. The normalized spacial score (nSPS) is 18.6. The molecule has 0 radical (unpaired) electrons. The van der Waals surface area contributed by atoms with Gasteiger partial charge >= 0.3 is 0 Å². The van der Waals surface area contributed by atoms with Crippen LogP contribution in [0.4, 0.5) is 0 Å². The molecule has 1 aliphatic rings. The number of allylic oxidation sites excluding steroid dienone is 1. The maximum Gasteiger partial charge on any atom is 0.0143 e. The second kappa shape index (κ2) is 7.38. The largest absolute Gasteiger partial charge is 0.157 e. The van der Waals surface area contributed by atoms with E-state index in [1.54, 1.807) is 5.57 Å². The first-order valence-electron chi connectivity index (χ1n) is 6.41. The van der Waals surface area contributed by atoms with E-state index in [1.807, 2.05) is 0 Å². The highest BCUT2D eigenvalue weighted by Crippen LogP contribution is 2.26. The van der Waals surface area contributed by atoms with Gasteiger partial charge in [-0.15, -0.1) is 0 Å². The van der Waals surface area contributed by atoms with Gasteiger partial charge < -0.3 is 0 Å². The molecule has 0 unspecified atom stereocenters. The highest BCUT2D eigenvalue weighted by molar-refractivity contribution is 7.99. The van der Waals surface area contributed by atoms with Gasteiger partial charge in [0.25, 0.3) is 0 Å². The zero-order valence-electron chi connectivity index (χ0n) is 10.6. The van der Waals surface area contributed by atoms with E-state index in [0.29, 0.717) is 0 Å². The van der Waals surface area contributed by atoms with E-state index < -0.39 is 0 Å². The Morgan fingerprint density at radius 1 is 1.00 bits per heavy atom. The second-order valence-electron chi connectivity index (χ2n) is 5.15. The summed E-state index contributed by atoms with van der Waals surface area (Å²) in [6, 6.07) is 0. The topological polar surface area (TPSA) is 0 Å². The molecule has 0 bridgehead atoms. The quantitative estimate of drug-likeness (QED) is 0.477. The van der Waals surface area contributed by atoms with Crippen LogP contribution in [0.2, 0.25) is 0 Å². The van der Waals surface area contributed by atoms with Crippen molar-refractivity contribution in [1.82, 2.24) is 0 Å². The van der Waals surface area contributed by atoms with Gasteiger partial charge in [0.15, 0.2) is 0 Å². The molecule has 1 rings (SSSR count). The second-order valence-corrected chi connectivity index (χ2v) is 6.18. The third kappa shape index (κ3) is 5.65. The predicted molar refractivity (Wildman–Crippen MR) is 72.6 cm³/mol. The molecule has 0 aliphatic heterocycles. The van der Waals surface area contributed by atoms with Crippen LogP contribution in [0.25, 0.3) is 0 Å². The number of rotatable bonds is 4. The van der Waals surface area contributed by atoms with Gasteiger partial charge in [-0.3, -0.25) is 0 Å². The summed E-state index contributed by atoms with van der Waals surface area (Å²) in [6.07, 6.45) is 8.89. The van der Waals surface area contributed by atoms with Gasteiger partial charge in [-0.1, -0.05) is 36.8 Å². The van der Waals surface area contributed by atoms with Crippen LogP contribution >= 0.6 is 11.8 Å². The summed E-state index contributed by atoms with van der Waals surface area (Å²) in [6.45, 7) is 6.72. The predicted octanol–water partition coefficient (Wildman–Crippen LogP) is 5.05. The summed E-state index contributed by atoms with van der Waals surface area (Å²) < 4.78 is 0. The molecule has 1 aliphatic carbocycles. The molecule has 0 heterocycles. The van der Waals surface area contributed by atoms with Crippen molar-refractivity contribution < 1.29 is 0 Å². The maximum absolute atomic E-state index is 2.27. The molecule has 0 amide bonds. The lowest BCUT2D eigenvalue weighted by molar-refractivity contribution is 0.513. The highest BCUT2D eigenvalue weighted by atomic mass is 32.2. The van der Waals surface area contributed by atoms with Crippen LogP contribution in [0.1, 0.15) is 59.3 Å². The van der Waals surface area contributed by atoms with Crippen LogP contribution in [0.15, 0.2) is 11.1 Å². The molecular weight excluding hydrogens is 200 g/mol. The highest BCUT2D eigenvalue weighted by Gasteiger charge is 2.11. The first kappa shape index (κ1) is 13.2. The summed E-state index contributed by atoms with van der Waals surface area (Å²) in [7, 11) is 0. The molecule has 1 heteroatoms. The lowest BCUT2D eigenvalue weighted by atomic mass is 10.0. The van der Waals surface area contributed by atoms with E-state index in [2.05, 4.69) is 32.5 Å². The van der Waals surface area contributed by atoms with Crippen LogP contribution in [-0.4, -0.2) is 11.5 Å². The minimum absolute atomic E-state index is 1.02. The van der Waals surface area contributed by atoms with Crippen molar-refractivity contribution in [3.05, 3.63) is 11.1 Å². The van der Waals surface area contributed by atoms with Gasteiger partial charge in [-0.05, 0) is 45.3 Å². The average molecular weight is 226 g/mol. The first-order valence-corrected chi connectivity index (χ1v) is 7.56. The molecule has 88 valence electrons. The standard InChI is InChI=1S/C14H26S/c1-12(2)13(3)10-15-11-14-8-6-4-5-7-9-14/h14H,4-11H2,1-3H3. The van der Waals surface area contributed by atoms with Crippen LogP contribution in [0, 0.1) is 5.92 Å². The number of hydrogen-bond acceptors (Lipinski definition) is 1. The molecule has 0 nitrogen and oxygen atoms in total. The third-order valence-electron chi connectivity index (χ3n) is 3.50. The zero-order valence-corrected chi connectivity index (χ0v) is 11.5. The van der Waals surface area contributed by atoms with Gasteiger partial charge in [0.05, 0.1) is 0 Å². The molecule has 0 atom stereocenters. The van der Waals surface area contributed by atoms with E-state index in [4.69, 9.17) is 0 Å². The lowest BCUT2D eigenvalue weighted by Crippen LogP contribution is -2.03. The molecule has 1 saturated carbocycles. The Balaban J connectivity index is 2.16. The Morgan fingerprint density at radius 2 is 1.60 bits per heavy atom. The fraction of sp³-hybridized carbons (Fsp3) is 0.857. The molecule has 1 fully saturated rings. The number of hydrogen-bond donors (Lipinski definition) is 0. The van der Waals surface area contributed by atoms with Crippen molar-refractivity contribution in [3.8, 4) is 0 Å². The van der Waals surface area contributed by atoms with Gasteiger partial charge in [-0.2, -0.15) is 11.8 Å². The van der Waals surface area contributed by atoms with Crippen molar-refractivity contribution in [2.75, 3.05) is 11.5 Å². The monoisotopic (exact) mass is 226 g/mol. The lowest BCUT2D eigenvalue weighted by Gasteiger charge is -2.13. The van der Waals surface area contributed by atoms with Crippen molar-refractivity contribution >= 4 is 11.8 Å². The summed E-state index contributed by atoms with van der Waals surface area (Å²) in [5, 5.41) is 0. The minimum Gasteiger partial charge on any atom is -0.157 e. The van der Waals surface area contributed by atoms with E-state index in [1.165, 1.54) is 55.6 Å². The molecule has 0 saturated heterocycles. The van der Waals surface area contributed by atoms with Crippen LogP contribution in [0.5, 0.6) is 0 Å². The average Bonchev–Trinajstić information content (AvgIpc) is 2.46. The molecule has 15 heavy (non-hydrogen) atoms. The Kier molecular flexibility index (Phi) is 6.47. The fourth-order valence-electron chi connectivity index (χ4n) is 2.05. The first-order chi connectivity index (χ1) is 7.20. The van der Waals surface area contributed by atoms with Gasteiger partial charge in [0.2, 0.25) is 0 Å². The van der Waals surface area contributed by atoms with Crippen molar-refractivity contribution in [3.63, 3.8) is 0 Å². The van der Waals surface area contributed by atoms with E-state index in [9.17, 15) is 0 Å². The smallest absolute Gasteiger partial charge is 0.0143 e. The summed E-state index contributed by atoms with van der Waals surface area (Å²) in [4.78, 5) is 0. The van der Waals surface area contributed by atoms with Crippen molar-refractivity contribution in [2.24, 2.45) is 5.92 Å². The Labute approximate surface area is 99.9 Å². The van der Waals surface area contributed by atoms with Gasteiger partial charge in [0.1, 0.15) is 0 Å². The maximum atomic E-state index is 2.27. The minimum atomic E-state index is 1.02. The van der Waals surface area contributed by atoms with Crippen LogP contribution < -0.4 is 0 Å². The number of thioether (sulfide) groups is 1. The van der Waals surface area contributed by atoms with Gasteiger partial charge in [0, 0.05) is 5.75 Å². The summed E-state index contributed by atoms with van der Waals surface area (Å²) >= 11 is 2.15. The molecule has 0 aromatic rings. The fourth-order valence-corrected chi connectivity index (χ4v) is 3.43. The summed E-state index contributed by atoms with van der Waals surface area (Å²) in [5.41, 5.74) is 3.08. The molecule has 0 aromatic heterocycles. The van der Waals surface area contributed by atoms with Crippen molar-refractivity contribution in [1.29, 1.82) is 0 Å². The van der Waals surface area contributed by atoms with E-state index in [0.717, 1.165) is 5.92 Å². The Bertz CT molecular complexity index is 193. The van der Waals surface area contributed by atoms with Gasteiger partial charge in [-0.25, -0.2) is 0 Å². The summed E-state index contributed by atoms with van der Waals surface area (Å²) in [5.74, 6) is 3.66. The van der Waals surface area contributed by atoms with E-state index >= 15 is 0 Å². The Hall–Kier alpha value is 0.0900. The molecule has 0 aromatic carbocycles.